The van der Waals surface area contributed by atoms with Gasteiger partial charge in [-0.2, -0.15) is 0 Å². The van der Waals surface area contributed by atoms with Gasteiger partial charge in [0.1, 0.15) is 12.1 Å². The summed E-state index contributed by atoms with van der Waals surface area (Å²) in [7, 11) is 1.77. The van der Waals surface area contributed by atoms with Crippen LogP contribution in [0, 0.1) is 29.6 Å². The summed E-state index contributed by atoms with van der Waals surface area (Å²) < 4.78 is 30.9. The second-order valence-corrected chi connectivity index (χ2v) is 31.2. The zero-order chi connectivity index (χ0) is 61.5. The molecular formula is C69H93N11O7S2. The third-order valence-electron chi connectivity index (χ3n) is 22.1. The van der Waals surface area contributed by atoms with Crippen LogP contribution in [0.4, 0.5) is 0 Å². The molecule has 6 saturated heterocycles. The minimum Gasteiger partial charge on any atom is -0.593 e. The van der Waals surface area contributed by atoms with Gasteiger partial charge >= 0.3 is 5.97 Å². The quantitative estimate of drug-likeness (QED) is 0.0744. The van der Waals surface area contributed by atoms with Crippen LogP contribution in [-0.4, -0.2) is 194 Å². The van der Waals surface area contributed by atoms with Crippen molar-refractivity contribution in [1.29, 1.82) is 0 Å². The van der Waals surface area contributed by atoms with Crippen LogP contribution >= 0.6 is 11.3 Å². The number of aryl methyl sites for hydroxylation is 2. The van der Waals surface area contributed by atoms with E-state index in [4.69, 9.17) is 19.5 Å². The fourth-order valence-electron chi connectivity index (χ4n) is 17.0. The Morgan fingerprint density at radius 2 is 1.71 bits per heavy atom. The number of cyclic esters (lactones) is 1. The molecular weight excluding hydrogens is 1160 g/mol. The molecule has 1 spiro atoms. The van der Waals surface area contributed by atoms with Crippen LogP contribution < -0.4 is 10.7 Å². The van der Waals surface area contributed by atoms with Crippen molar-refractivity contribution in [2.75, 3.05) is 72.6 Å². The van der Waals surface area contributed by atoms with E-state index in [2.05, 4.69) is 87.5 Å². The number of aromatic nitrogens is 2. The Labute approximate surface area is 532 Å². The average Bonchev–Trinajstić information content (AvgIpc) is 1.60. The lowest BCUT2D eigenvalue weighted by molar-refractivity contribution is -0.155. The highest BCUT2D eigenvalue weighted by atomic mass is 32.2. The monoisotopic (exact) mass is 1250 g/mol. The number of ether oxygens (including phenoxy) is 2. The van der Waals surface area contributed by atoms with Crippen LogP contribution in [0.1, 0.15) is 139 Å². The van der Waals surface area contributed by atoms with Gasteiger partial charge in [-0.3, -0.25) is 43.9 Å². The molecule has 10 heterocycles. The van der Waals surface area contributed by atoms with Gasteiger partial charge in [-0.05, 0) is 153 Å². The van der Waals surface area contributed by atoms with Crippen LogP contribution in [-0.2, 0) is 59.4 Å². The predicted octanol–water partition coefficient (Wildman–Crippen LogP) is 8.17. The summed E-state index contributed by atoms with van der Waals surface area (Å²) >= 11 is 0.104. The Morgan fingerprint density at radius 3 is 2.49 bits per heavy atom. The van der Waals surface area contributed by atoms with E-state index in [1.807, 2.05) is 40.4 Å². The number of carbonyl (C=O) groups excluding carboxylic acids is 4. The van der Waals surface area contributed by atoms with Crippen LogP contribution in [0.15, 0.2) is 63.4 Å². The van der Waals surface area contributed by atoms with Gasteiger partial charge in [0.15, 0.2) is 10.9 Å². The molecule has 3 amide bonds. The van der Waals surface area contributed by atoms with Crippen molar-refractivity contribution in [2.45, 2.75) is 197 Å². The number of hydrogen-bond donors (Lipinski definition) is 2. The summed E-state index contributed by atoms with van der Waals surface area (Å²) in [6, 6.07) is 12.7. The number of likely N-dealkylation sites (tertiary alicyclic amines) is 2. The van der Waals surface area contributed by atoms with Crippen molar-refractivity contribution in [2.24, 2.45) is 27.7 Å². The van der Waals surface area contributed by atoms with E-state index in [0.29, 0.717) is 57.4 Å². The maximum atomic E-state index is 15.5. The van der Waals surface area contributed by atoms with E-state index in [1.165, 1.54) is 54.0 Å². The second kappa shape index (κ2) is 25.1. The number of aliphatic imine (C=N–C) groups is 1. The van der Waals surface area contributed by atoms with Crippen molar-refractivity contribution in [3.63, 3.8) is 0 Å². The smallest absolute Gasteiger partial charge is 0.324 e. The summed E-state index contributed by atoms with van der Waals surface area (Å²) in [5.41, 5.74) is 11.2. The number of rotatable bonds is 13. The Bertz CT molecular complexity index is 3390. The highest BCUT2D eigenvalue weighted by Crippen LogP contribution is 2.52. The number of thiazole rings is 1. The Kier molecular flexibility index (Phi) is 17.4. The Morgan fingerprint density at radius 1 is 0.921 bits per heavy atom. The van der Waals surface area contributed by atoms with E-state index >= 15 is 9.59 Å². The standard InChI is InChI=1S/C69H93N11O7S2/c1-7-78-57-24-21-47-33-51(57)53(62(78)52-34-49(37-70-59(52)44(3)86-6)75-32-31-74-27-11-10-15-48(74)38-75)36-68(4,5)42-87-67(84)54-16-12-28-79(73-54)65(82)55(35-58-71-56(47)39-88-58)72-64(81)61(45-13-8-9-14-45)76-29-25-69(40-76)26-30-77(41-69)66(83)63-60(46-19-20-46)80(63)89(85)50-22-17-43(2)18-23-50/h17-18,21-24,33,37,39,44-46,48-49,54-55,60-61,63,73H,7-16,19-20,25-32,34-36,38,40-42H2,1-6H3,(H,72,81)/t44-,48+,49?,54-,55-,60+,61-,63+,69-,80?,89+/m0/s1. The number of piperazine rings is 1. The molecule has 89 heavy (non-hydrogen) atoms. The fraction of sp³-hybridized carbons (Fsp3) is 0.652. The largest absolute Gasteiger partial charge is 0.593 e. The normalized spacial score (nSPS) is 30.8. The van der Waals surface area contributed by atoms with E-state index < -0.39 is 40.9 Å². The molecule has 8 aliphatic heterocycles. The number of methoxy groups -OCH3 is 1. The van der Waals surface area contributed by atoms with Crippen molar-refractivity contribution in [3.8, 4) is 11.3 Å². The first-order valence-electron chi connectivity index (χ1n) is 33.8. The summed E-state index contributed by atoms with van der Waals surface area (Å²) in [5.74, 6) is -0.231. The summed E-state index contributed by atoms with van der Waals surface area (Å²) in [6.07, 6.45) is 16.3. The first-order valence-corrected chi connectivity index (χ1v) is 35.8. The number of esters is 1. The maximum Gasteiger partial charge on any atom is 0.324 e. The van der Waals surface area contributed by atoms with Crippen molar-refractivity contribution in [3.05, 3.63) is 75.4 Å². The highest BCUT2D eigenvalue weighted by molar-refractivity contribution is 7.89. The molecule has 10 aliphatic rings. The first-order chi connectivity index (χ1) is 43.1. The van der Waals surface area contributed by atoms with Crippen LogP contribution in [0.25, 0.3) is 27.7 Å². The summed E-state index contributed by atoms with van der Waals surface area (Å²) in [5, 5.41) is 8.87. The molecule has 0 radical (unpaired) electrons. The number of nitrogens with zero attached hydrogens (tertiary/aromatic N) is 9. The molecule has 20 heteroatoms. The third-order valence-corrected chi connectivity index (χ3v) is 24.5. The second-order valence-electron chi connectivity index (χ2n) is 28.8. The van der Waals surface area contributed by atoms with Gasteiger partial charge in [0, 0.05) is 122 Å². The molecule has 4 aromatic rings. The topological polar surface area (TPSA) is 183 Å². The number of piperidine rings is 1. The Hall–Kier alpha value is -5.03. The number of fused-ring (bicyclic) bond motifs is 7. The van der Waals surface area contributed by atoms with Gasteiger partial charge in [-0.25, -0.2) is 10.4 Å². The molecule has 478 valence electrons. The van der Waals surface area contributed by atoms with Gasteiger partial charge in [-0.15, -0.1) is 15.6 Å². The molecule has 2 aromatic heterocycles. The van der Waals surface area contributed by atoms with E-state index in [9.17, 15) is 14.1 Å². The lowest BCUT2D eigenvalue weighted by Gasteiger charge is -2.46. The molecule has 6 bridgehead atoms. The molecule has 2 aromatic carbocycles. The molecule has 11 atom stereocenters. The van der Waals surface area contributed by atoms with E-state index in [0.717, 1.165) is 134 Å². The minimum atomic E-state index is -1.40. The predicted molar refractivity (Wildman–Crippen MR) is 347 cm³/mol. The van der Waals surface area contributed by atoms with Crippen molar-refractivity contribution >= 4 is 69.1 Å². The highest BCUT2D eigenvalue weighted by Gasteiger charge is 2.67. The van der Waals surface area contributed by atoms with Gasteiger partial charge in [0.05, 0.1) is 58.2 Å². The van der Waals surface area contributed by atoms with Crippen LogP contribution in [0.5, 0.6) is 0 Å². The van der Waals surface area contributed by atoms with Gasteiger partial charge in [-0.1, -0.05) is 56.9 Å². The Balaban J connectivity index is 0.745. The maximum absolute atomic E-state index is 15.5. The van der Waals surface area contributed by atoms with Crippen LogP contribution in [0.3, 0.4) is 0 Å². The molecule has 2 N–H and O–H groups in total. The van der Waals surface area contributed by atoms with Crippen molar-refractivity contribution < 1.29 is 33.2 Å². The molecule has 14 rings (SSSR count). The number of hydrogen-bond acceptors (Lipinski definition) is 15. The third kappa shape index (κ3) is 12.2. The van der Waals surface area contributed by atoms with Gasteiger partial charge in [0.25, 0.3) is 5.91 Å². The first kappa shape index (κ1) is 61.5. The van der Waals surface area contributed by atoms with Gasteiger partial charge < -0.3 is 28.8 Å². The summed E-state index contributed by atoms with van der Waals surface area (Å²) in [4.78, 5) is 80.8. The van der Waals surface area contributed by atoms with Gasteiger partial charge in [0.2, 0.25) is 11.8 Å². The summed E-state index contributed by atoms with van der Waals surface area (Å²) in [6.45, 7) is 19.0. The molecule has 2 aliphatic carbocycles. The number of benzene rings is 2. The number of hydrazine groups is 1. The molecule has 2 saturated carbocycles. The van der Waals surface area contributed by atoms with Crippen LogP contribution in [0.2, 0.25) is 0 Å². The lowest BCUT2D eigenvalue weighted by Crippen LogP contribution is -2.62. The SMILES string of the molecule is CCn1c(C2=C([C@H](C)OC)N=CC(N3CCN4CCCC[C@@H]4C3)C2)c2c3cc(ccc31)-c1csc(n1)C[C@H](NC(=O)[C@H](C1CCCC1)N1CC[C@]3(CCN(C(=O)[C@H]4[C@@H](C5CC5)N4[S@+]([O-])c4ccc(C)cc4)C3)C1)C(=O)N1CCC[C@H](N1)C(=O)OCC(C)(C)C2. The minimum absolute atomic E-state index is 0.0114. The van der Waals surface area contributed by atoms with E-state index in [-0.39, 0.29) is 66.3 Å². The number of carbonyl (C=O) groups is 4. The molecule has 8 fully saturated rings. The van der Waals surface area contributed by atoms with E-state index in [1.54, 1.807) is 12.1 Å². The number of nitrogens with one attached hydrogen (secondary N) is 2. The van der Waals surface area contributed by atoms with Crippen molar-refractivity contribution in [1.82, 2.24) is 49.2 Å². The zero-order valence-electron chi connectivity index (χ0n) is 53.3. The number of amides is 3. The zero-order valence-corrected chi connectivity index (χ0v) is 54.9. The molecule has 18 nitrogen and oxygen atoms in total. The average molecular weight is 1250 g/mol. The molecule has 2 unspecified atom stereocenters. The fourth-order valence-corrected chi connectivity index (χ4v) is 19.3. The lowest BCUT2D eigenvalue weighted by atomic mass is 9.83.